The Bertz CT molecular complexity index is 550. The summed E-state index contributed by atoms with van der Waals surface area (Å²) in [4.78, 5) is 2.41. The van der Waals surface area contributed by atoms with Crippen LogP contribution in [-0.2, 0) is 13.0 Å². The van der Waals surface area contributed by atoms with Gasteiger partial charge in [0.15, 0.2) is 0 Å². The highest BCUT2D eigenvalue weighted by atomic mass is 16.5. The highest BCUT2D eigenvalue weighted by molar-refractivity contribution is 5.60. The van der Waals surface area contributed by atoms with E-state index in [2.05, 4.69) is 42.2 Å². The fourth-order valence-corrected chi connectivity index (χ4v) is 2.61. The molecule has 0 fully saturated rings. The zero-order valence-electron chi connectivity index (χ0n) is 11.3. The smallest absolute Gasteiger partial charge is 0.120 e. The minimum atomic E-state index is 0.636. The molecule has 0 saturated carbocycles. The molecule has 2 nitrogen and oxygen atoms in total. The Kier molecular flexibility index (Phi) is 3.41. The van der Waals surface area contributed by atoms with Gasteiger partial charge in [0.05, 0.1) is 0 Å². The molecule has 0 radical (unpaired) electrons. The van der Waals surface area contributed by atoms with Gasteiger partial charge in [-0.3, -0.25) is 0 Å². The molecule has 0 aromatic heterocycles. The minimum absolute atomic E-state index is 0.636. The van der Waals surface area contributed by atoms with Crippen molar-refractivity contribution in [1.82, 2.24) is 0 Å². The van der Waals surface area contributed by atoms with Crippen molar-refractivity contribution in [1.29, 1.82) is 0 Å². The summed E-state index contributed by atoms with van der Waals surface area (Å²) in [5.74, 6) is 0.973. The van der Waals surface area contributed by atoms with Crippen molar-refractivity contribution < 1.29 is 4.74 Å². The summed E-state index contributed by atoms with van der Waals surface area (Å²) >= 11 is 0. The Hall–Kier alpha value is -1.96. The summed E-state index contributed by atoms with van der Waals surface area (Å²) in [7, 11) is 0. The summed E-state index contributed by atoms with van der Waals surface area (Å²) in [5, 5.41) is 0. The first kappa shape index (κ1) is 12.1. The topological polar surface area (TPSA) is 12.5 Å². The van der Waals surface area contributed by atoms with Crippen LogP contribution in [0, 0.1) is 0 Å². The lowest BCUT2D eigenvalue weighted by atomic mass is 10.1. The molecule has 1 heterocycles. The Morgan fingerprint density at radius 3 is 2.74 bits per heavy atom. The van der Waals surface area contributed by atoms with Crippen molar-refractivity contribution in [2.75, 3.05) is 18.0 Å². The first-order chi connectivity index (χ1) is 9.36. The second kappa shape index (κ2) is 5.35. The number of anilines is 1. The average molecular weight is 253 g/mol. The third-order valence-corrected chi connectivity index (χ3v) is 3.67. The van der Waals surface area contributed by atoms with Gasteiger partial charge in [-0.05, 0) is 42.7 Å². The van der Waals surface area contributed by atoms with Gasteiger partial charge in [-0.2, -0.15) is 0 Å². The van der Waals surface area contributed by atoms with Crippen LogP contribution >= 0.6 is 0 Å². The molecule has 0 spiro atoms. The molecule has 0 N–H and O–H groups in total. The fourth-order valence-electron chi connectivity index (χ4n) is 2.61. The third kappa shape index (κ3) is 2.58. The maximum Gasteiger partial charge on any atom is 0.120 e. The first-order valence-electron chi connectivity index (χ1n) is 6.91. The van der Waals surface area contributed by atoms with E-state index in [1.165, 1.54) is 16.8 Å². The van der Waals surface area contributed by atoms with E-state index in [9.17, 15) is 0 Å². The van der Waals surface area contributed by atoms with E-state index in [4.69, 9.17) is 4.74 Å². The van der Waals surface area contributed by atoms with Crippen LogP contribution < -0.4 is 9.64 Å². The molecule has 98 valence electrons. The zero-order chi connectivity index (χ0) is 13.1. The fraction of sp³-hybridized carbons (Fsp3) is 0.294. The summed E-state index contributed by atoms with van der Waals surface area (Å²) in [6, 6.07) is 16.7. The monoisotopic (exact) mass is 253 g/mol. The van der Waals surface area contributed by atoms with E-state index in [1.807, 2.05) is 18.2 Å². The van der Waals surface area contributed by atoms with Gasteiger partial charge in [0.2, 0.25) is 0 Å². The van der Waals surface area contributed by atoms with E-state index in [1.54, 1.807) is 0 Å². The van der Waals surface area contributed by atoms with Crippen LogP contribution in [0.1, 0.15) is 18.1 Å². The number of likely N-dealkylation sites (N-methyl/N-ethyl adjacent to an activating group) is 1. The molecule has 2 aromatic carbocycles. The molecule has 0 atom stereocenters. The predicted molar refractivity (Wildman–Crippen MR) is 78.8 cm³/mol. The molecule has 2 aromatic rings. The standard InChI is InChI=1S/C17H19NO/c1-2-18-11-10-15-12-16(8-9-17(15)18)19-13-14-6-4-3-5-7-14/h3-9,12H,2,10-11,13H2,1H3. The van der Waals surface area contributed by atoms with Crippen molar-refractivity contribution in [2.45, 2.75) is 20.0 Å². The molecule has 1 aliphatic rings. The largest absolute Gasteiger partial charge is 0.489 e. The molecule has 2 heteroatoms. The summed E-state index contributed by atoms with van der Waals surface area (Å²) < 4.78 is 5.87. The van der Waals surface area contributed by atoms with E-state index in [0.717, 1.165) is 25.3 Å². The number of hydrogen-bond donors (Lipinski definition) is 0. The number of hydrogen-bond acceptors (Lipinski definition) is 2. The maximum absolute atomic E-state index is 5.87. The molecular weight excluding hydrogens is 234 g/mol. The third-order valence-electron chi connectivity index (χ3n) is 3.67. The Balaban J connectivity index is 1.70. The second-order valence-electron chi connectivity index (χ2n) is 4.89. The lowest BCUT2D eigenvalue weighted by Gasteiger charge is -2.16. The van der Waals surface area contributed by atoms with E-state index in [0.29, 0.717) is 6.61 Å². The average Bonchev–Trinajstić information content (AvgIpc) is 2.88. The van der Waals surface area contributed by atoms with E-state index < -0.39 is 0 Å². The normalized spacial score (nSPS) is 13.4. The molecule has 0 unspecified atom stereocenters. The Morgan fingerprint density at radius 1 is 1.11 bits per heavy atom. The number of fused-ring (bicyclic) bond motifs is 1. The van der Waals surface area contributed by atoms with Gasteiger partial charge >= 0.3 is 0 Å². The maximum atomic E-state index is 5.87. The molecule has 0 amide bonds. The van der Waals surface area contributed by atoms with Gasteiger partial charge in [0.1, 0.15) is 12.4 Å². The summed E-state index contributed by atoms with van der Waals surface area (Å²) in [6.07, 6.45) is 1.13. The van der Waals surface area contributed by atoms with Gasteiger partial charge in [0, 0.05) is 18.8 Å². The van der Waals surface area contributed by atoms with Crippen LogP contribution in [-0.4, -0.2) is 13.1 Å². The van der Waals surface area contributed by atoms with Crippen LogP contribution in [0.2, 0.25) is 0 Å². The summed E-state index contributed by atoms with van der Waals surface area (Å²) in [6.45, 7) is 5.05. The van der Waals surface area contributed by atoms with Crippen molar-refractivity contribution in [3.05, 3.63) is 59.7 Å². The molecule has 1 aliphatic heterocycles. The highest BCUT2D eigenvalue weighted by Crippen LogP contribution is 2.31. The molecular formula is C17H19NO. The predicted octanol–water partition coefficient (Wildman–Crippen LogP) is 3.65. The van der Waals surface area contributed by atoms with Crippen LogP contribution in [0.3, 0.4) is 0 Å². The Labute approximate surface area is 114 Å². The number of nitrogens with zero attached hydrogens (tertiary/aromatic N) is 1. The van der Waals surface area contributed by atoms with Gasteiger partial charge in [-0.15, -0.1) is 0 Å². The van der Waals surface area contributed by atoms with Crippen molar-refractivity contribution in [3.8, 4) is 5.75 Å². The molecule has 0 aliphatic carbocycles. The highest BCUT2D eigenvalue weighted by Gasteiger charge is 2.17. The van der Waals surface area contributed by atoms with Crippen molar-refractivity contribution in [3.63, 3.8) is 0 Å². The van der Waals surface area contributed by atoms with Gasteiger partial charge in [0.25, 0.3) is 0 Å². The van der Waals surface area contributed by atoms with Gasteiger partial charge in [-0.1, -0.05) is 30.3 Å². The van der Waals surface area contributed by atoms with Gasteiger partial charge < -0.3 is 9.64 Å². The minimum Gasteiger partial charge on any atom is -0.489 e. The molecule has 3 rings (SSSR count). The number of rotatable bonds is 4. The van der Waals surface area contributed by atoms with Crippen LogP contribution in [0.25, 0.3) is 0 Å². The molecule has 19 heavy (non-hydrogen) atoms. The number of ether oxygens (including phenoxy) is 1. The van der Waals surface area contributed by atoms with Crippen LogP contribution in [0.15, 0.2) is 48.5 Å². The molecule has 0 saturated heterocycles. The first-order valence-corrected chi connectivity index (χ1v) is 6.91. The number of benzene rings is 2. The second-order valence-corrected chi connectivity index (χ2v) is 4.89. The SMILES string of the molecule is CCN1CCc2cc(OCc3ccccc3)ccc21. The van der Waals surface area contributed by atoms with E-state index >= 15 is 0 Å². The van der Waals surface area contributed by atoms with Crippen molar-refractivity contribution >= 4 is 5.69 Å². The lowest BCUT2D eigenvalue weighted by Crippen LogP contribution is -2.18. The van der Waals surface area contributed by atoms with E-state index in [-0.39, 0.29) is 0 Å². The van der Waals surface area contributed by atoms with Gasteiger partial charge in [-0.25, -0.2) is 0 Å². The summed E-state index contributed by atoms with van der Waals surface area (Å²) in [5.41, 5.74) is 3.99. The van der Waals surface area contributed by atoms with Crippen LogP contribution in [0.5, 0.6) is 5.75 Å². The zero-order valence-corrected chi connectivity index (χ0v) is 11.3. The van der Waals surface area contributed by atoms with Crippen LogP contribution in [0.4, 0.5) is 5.69 Å². The molecule has 0 bridgehead atoms. The van der Waals surface area contributed by atoms with Crippen molar-refractivity contribution in [2.24, 2.45) is 0 Å². The Morgan fingerprint density at radius 2 is 1.95 bits per heavy atom. The lowest BCUT2D eigenvalue weighted by molar-refractivity contribution is 0.306. The quantitative estimate of drug-likeness (QED) is 0.824.